The number of rotatable bonds is 2. The zero-order valence-electron chi connectivity index (χ0n) is 4.33. The zero-order valence-corrected chi connectivity index (χ0v) is 5.48. The third-order valence-corrected chi connectivity index (χ3v) is 0.387. The van der Waals surface area contributed by atoms with Crippen LogP contribution in [0.4, 0.5) is 0 Å². The molecule has 0 aliphatic carbocycles. The summed E-state index contributed by atoms with van der Waals surface area (Å²) in [7, 11) is 0. The monoisotopic (exact) mass is 167 g/mol. The van der Waals surface area contributed by atoms with E-state index in [0.29, 0.717) is 0 Å². The Morgan fingerprint density at radius 2 is 1.50 bits per heavy atom. The second-order valence-electron chi connectivity index (χ2n) is 0.649. The molecule has 0 spiro atoms. The fourth-order valence-corrected chi connectivity index (χ4v) is 0.105. The summed E-state index contributed by atoms with van der Waals surface area (Å²) in [6, 6.07) is 0. The van der Waals surface area contributed by atoms with Gasteiger partial charge in [0.05, 0.1) is 5.09 Å². The van der Waals surface area contributed by atoms with Crippen molar-refractivity contribution < 1.29 is 17.9 Å². The molecule has 0 aliphatic rings. The summed E-state index contributed by atoms with van der Waals surface area (Å²) in [4.78, 5) is 17.3. The maximum absolute atomic E-state index is 9.16. The minimum atomic E-state index is -1.75. The molecule has 0 rings (SSSR count). The van der Waals surface area contributed by atoms with Crippen LogP contribution >= 0.6 is 0 Å². The summed E-state index contributed by atoms with van der Waals surface area (Å²) in [6.07, 6.45) is 0. The fourth-order valence-electron chi connectivity index (χ4n) is 0.0351. The normalized spacial score (nSPS) is 6.00. The Labute approximate surface area is 59.7 Å². The predicted octanol–water partition coefficient (Wildman–Crippen LogP) is -1.08. The van der Waals surface area contributed by atoms with E-state index < -0.39 is 25.7 Å². The summed E-state index contributed by atoms with van der Waals surface area (Å²) in [5.41, 5.74) is 0. The van der Waals surface area contributed by atoms with Crippen molar-refractivity contribution in [1.82, 2.24) is 0 Å². The molecule has 10 heavy (non-hydrogen) atoms. The van der Waals surface area contributed by atoms with Crippen LogP contribution in [0.15, 0.2) is 0 Å². The van der Waals surface area contributed by atoms with E-state index in [0.717, 1.165) is 0 Å². The van der Waals surface area contributed by atoms with E-state index >= 15 is 0 Å². The number of hydrogen-bond donors (Lipinski definition) is 0. The maximum atomic E-state index is 9.16. The Morgan fingerprint density at radius 1 is 1.20 bits per heavy atom. The van der Waals surface area contributed by atoms with Crippen molar-refractivity contribution in [2.24, 2.45) is 0 Å². The summed E-state index contributed by atoms with van der Waals surface area (Å²) in [5, 5.41) is 22.7. The van der Waals surface area contributed by atoms with Gasteiger partial charge in [-0.2, -0.15) is 0 Å². The minimum absolute atomic E-state index is 1.09. The van der Waals surface area contributed by atoms with Crippen LogP contribution in [0.25, 0.3) is 0 Å². The van der Waals surface area contributed by atoms with Gasteiger partial charge in [-0.05, 0) is 0 Å². The first-order valence-corrected chi connectivity index (χ1v) is 2.51. The van der Waals surface area contributed by atoms with Gasteiger partial charge < -0.3 is 15.3 Å². The van der Waals surface area contributed by atoms with Crippen LogP contribution in [0.1, 0.15) is 0 Å². The molecule has 0 amide bonds. The standard InChI is InChI=1S/Al.2NO3.O/c;2*2-1(3)4;/q+1;2*-1;. The third-order valence-electron chi connectivity index (χ3n) is 0.129. The van der Waals surface area contributed by atoms with Crippen molar-refractivity contribution in [2.45, 2.75) is 0 Å². The molecule has 0 unspecified atom stereocenters. The number of hydrogen-bond acceptors (Lipinski definition) is 7. The van der Waals surface area contributed by atoms with Crippen molar-refractivity contribution in [3.05, 3.63) is 25.4 Å². The van der Waals surface area contributed by atoms with Crippen molar-refractivity contribution in [3.8, 4) is 0 Å². The molecule has 0 aromatic heterocycles. The SMILES string of the molecule is O=[N+]([O-])[O-].[O]=[Al][O][N+](=O)[O-]. The zero-order chi connectivity index (χ0) is 8.57. The van der Waals surface area contributed by atoms with Gasteiger partial charge in [0.1, 0.15) is 0 Å². The molecule has 9 nitrogen and oxygen atoms in total. The van der Waals surface area contributed by atoms with Gasteiger partial charge in [0.25, 0.3) is 0 Å². The second kappa shape index (κ2) is 7.73. The van der Waals surface area contributed by atoms with E-state index in [1.807, 2.05) is 0 Å². The van der Waals surface area contributed by atoms with Crippen LogP contribution in [0, 0.1) is 25.4 Å². The van der Waals surface area contributed by atoms with Gasteiger partial charge in [0.15, 0.2) is 0 Å². The van der Waals surface area contributed by atoms with Crippen LogP contribution < -0.4 is 0 Å². The van der Waals surface area contributed by atoms with Crippen molar-refractivity contribution in [2.75, 3.05) is 0 Å². The van der Waals surface area contributed by atoms with Gasteiger partial charge in [0, 0.05) is 0 Å². The molecule has 0 saturated carbocycles. The molecular formula is AlN2O7-. The Kier molecular flexibility index (Phi) is 8.91. The molecule has 0 fully saturated rings. The first-order chi connectivity index (χ1) is 4.50. The Balaban J connectivity index is 0. The summed E-state index contributed by atoms with van der Waals surface area (Å²) in [5.74, 6) is 0. The van der Waals surface area contributed by atoms with E-state index in [-0.39, 0.29) is 0 Å². The second-order valence-corrected chi connectivity index (χ2v) is 1.05. The van der Waals surface area contributed by atoms with Crippen molar-refractivity contribution in [3.63, 3.8) is 0 Å². The molecule has 56 valence electrons. The van der Waals surface area contributed by atoms with Crippen LogP contribution in [-0.2, 0) is 7.69 Å². The molecular weight excluding hydrogens is 167 g/mol. The van der Waals surface area contributed by atoms with E-state index in [2.05, 4.69) is 3.89 Å². The number of nitrogens with zero attached hydrogens (tertiary/aromatic N) is 2. The summed E-state index contributed by atoms with van der Waals surface area (Å²) >= 11 is -1.70. The molecule has 0 N–H and O–H groups in total. The van der Waals surface area contributed by atoms with E-state index in [1.54, 1.807) is 0 Å². The van der Waals surface area contributed by atoms with Crippen LogP contribution in [0.5, 0.6) is 0 Å². The topological polar surface area (TPSA) is 136 Å². The van der Waals surface area contributed by atoms with E-state index in [4.69, 9.17) is 29.2 Å². The quantitative estimate of drug-likeness (QED) is 0.289. The van der Waals surface area contributed by atoms with Crippen molar-refractivity contribution >= 4 is 15.5 Å². The van der Waals surface area contributed by atoms with Gasteiger partial charge >= 0.3 is 38.4 Å². The Hall–Kier alpha value is -1.27. The molecule has 0 aromatic carbocycles. The molecule has 0 atom stereocenters. The fraction of sp³-hybridized carbons (Fsp3) is 0. The molecule has 10 heteroatoms. The molecule has 0 bridgehead atoms. The van der Waals surface area contributed by atoms with Crippen LogP contribution in [0.3, 0.4) is 0 Å². The van der Waals surface area contributed by atoms with Gasteiger partial charge in [-0.25, -0.2) is 0 Å². The van der Waals surface area contributed by atoms with E-state index in [1.165, 1.54) is 0 Å². The van der Waals surface area contributed by atoms with Crippen LogP contribution in [-0.4, -0.2) is 25.7 Å². The first-order valence-electron chi connectivity index (χ1n) is 1.57. The van der Waals surface area contributed by atoms with Gasteiger partial charge in [0.2, 0.25) is 0 Å². The van der Waals surface area contributed by atoms with E-state index in [9.17, 15) is 0 Å². The molecule has 0 saturated heterocycles. The van der Waals surface area contributed by atoms with Gasteiger partial charge in [-0.1, -0.05) is 0 Å². The molecule has 0 radical (unpaired) electrons. The molecule has 0 aliphatic heterocycles. The first kappa shape index (κ1) is 11.5. The Morgan fingerprint density at radius 3 is 1.50 bits per heavy atom. The average molecular weight is 167 g/mol. The van der Waals surface area contributed by atoms with Crippen molar-refractivity contribution in [1.29, 1.82) is 0 Å². The Bertz CT molecular complexity index is 126. The van der Waals surface area contributed by atoms with Gasteiger partial charge in [-0.15, -0.1) is 0 Å². The third kappa shape index (κ3) is 73.7. The molecule has 0 heterocycles. The predicted molar refractivity (Wildman–Crippen MR) is 24.9 cm³/mol. The summed E-state index contributed by atoms with van der Waals surface area (Å²) < 4.78 is 12.5. The van der Waals surface area contributed by atoms with Gasteiger partial charge in [-0.3, -0.25) is 0 Å². The summed E-state index contributed by atoms with van der Waals surface area (Å²) in [6.45, 7) is 0. The molecule has 0 aromatic rings. The average Bonchev–Trinajstić information content (AvgIpc) is 1.62. The van der Waals surface area contributed by atoms with Crippen LogP contribution in [0.2, 0.25) is 0 Å².